The zero-order chi connectivity index (χ0) is 55.5. The quantitative estimate of drug-likeness (QED) is 0.101. The van der Waals surface area contributed by atoms with Gasteiger partial charge in [0.1, 0.15) is 0 Å². The van der Waals surface area contributed by atoms with E-state index in [1.807, 2.05) is 0 Å². The summed E-state index contributed by atoms with van der Waals surface area (Å²) in [6.07, 6.45) is 0. The van der Waals surface area contributed by atoms with Gasteiger partial charge in [-0.15, -0.1) is 0 Å². The van der Waals surface area contributed by atoms with E-state index in [2.05, 4.69) is 351 Å². The van der Waals surface area contributed by atoms with Crippen molar-refractivity contribution in [1.82, 2.24) is 0 Å². The molecule has 0 aliphatic carbocycles. The third-order valence-electron chi connectivity index (χ3n) is 15.7. The van der Waals surface area contributed by atoms with Crippen molar-refractivity contribution in [2.75, 3.05) is 19.6 Å². The molecule has 4 nitrogen and oxygen atoms in total. The van der Waals surface area contributed by atoms with Crippen LogP contribution in [0.2, 0.25) is 0 Å². The largest absolute Gasteiger partial charge is 0.311 e. The van der Waals surface area contributed by atoms with Gasteiger partial charge in [-0.05, 0) is 217 Å². The normalized spacial score (nSPS) is 11.2. The summed E-state index contributed by atoms with van der Waals surface area (Å²) in [6.45, 7) is 8.61. The minimum atomic E-state index is 1.07. The summed E-state index contributed by atoms with van der Waals surface area (Å²) < 4.78 is 0. The number of benzene rings is 13. The number of para-hydroxylation sites is 4. The van der Waals surface area contributed by atoms with E-state index in [1.165, 1.54) is 33.4 Å². The lowest BCUT2D eigenvalue weighted by molar-refractivity contribution is 1.27. The van der Waals surface area contributed by atoms with Gasteiger partial charge in [0.25, 0.3) is 0 Å². The molecular weight excluding hydrogens is 993 g/mol. The molecule has 0 amide bonds. The molecule has 4 heteroatoms. The fourth-order valence-electron chi connectivity index (χ4n) is 11.5. The average molecular weight is 1060 g/mol. The van der Waals surface area contributed by atoms with E-state index in [0.717, 1.165) is 101 Å². The Morgan fingerprint density at radius 1 is 0.171 bits per heavy atom. The number of hydrogen-bond acceptors (Lipinski definition) is 4. The maximum atomic E-state index is 2.43. The van der Waals surface area contributed by atoms with Crippen LogP contribution in [0.15, 0.2) is 303 Å². The van der Waals surface area contributed by atoms with E-state index in [4.69, 9.17) is 0 Å². The molecule has 0 radical (unpaired) electrons. The first-order valence-electron chi connectivity index (χ1n) is 28.2. The van der Waals surface area contributed by atoms with Crippen LogP contribution in [0.4, 0.5) is 68.2 Å². The lowest BCUT2D eigenvalue weighted by atomic mass is 9.85. The zero-order valence-electron chi connectivity index (χ0n) is 46.7. The van der Waals surface area contributed by atoms with Gasteiger partial charge in [-0.25, -0.2) is 0 Å². The second kappa shape index (κ2) is 22.4. The van der Waals surface area contributed by atoms with Crippen molar-refractivity contribution in [3.05, 3.63) is 326 Å². The summed E-state index contributed by atoms with van der Waals surface area (Å²) in [5, 5.41) is 4.62. The first kappa shape index (κ1) is 51.0. The molecular formula is C78H62N4. The van der Waals surface area contributed by atoms with Gasteiger partial charge in [-0.3, -0.25) is 0 Å². The van der Waals surface area contributed by atoms with Gasteiger partial charge in [-0.2, -0.15) is 0 Å². The third kappa shape index (κ3) is 10.1. The smallest absolute Gasteiger partial charge is 0.0468 e. The van der Waals surface area contributed by atoms with Crippen molar-refractivity contribution in [2.24, 2.45) is 0 Å². The molecule has 13 aromatic carbocycles. The van der Waals surface area contributed by atoms with Gasteiger partial charge < -0.3 is 19.6 Å². The maximum absolute atomic E-state index is 2.43. The van der Waals surface area contributed by atoms with Gasteiger partial charge in [-0.1, -0.05) is 180 Å². The SMILES string of the molecule is Cc1ccc(N(c2ccc(C)cc2)c2ccc3c(-c4ccc(N(c5ccccc5)c5ccccc5)cc4)c4cc(N(c5ccc(C)cc5)c5ccc(C)cc5)ccc4c(-c4ccc(N(c5ccccc5)c5ccccc5)cc4)c3c2)cc1. The second-order valence-corrected chi connectivity index (χ2v) is 21.3. The Hall–Kier alpha value is -10.4. The molecule has 0 atom stereocenters. The summed E-state index contributed by atoms with van der Waals surface area (Å²) in [6, 6.07) is 111. The van der Waals surface area contributed by atoms with Gasteiger partial charge >= 0.3 is 0 Å². The number of aryl methyl sites for hydroxylation is 4. The number of hydrogen-bond donors (Lipinski definition) is 0. The fraction of sp³-hybridized carbons (Fsp3) is 0.0513. The van der Waals surface area contributed by atoms with E-state index in [9.17, 15) is 0 Å². The molecule has 0 saturated heterocycles. The molecule has 0 heterocycles. The molecule has 0 aromatic heterocycles. The first-order valence-corrected chi connectivity index (χ1v) is 28.2. The lowest BCUT2D eigenvalue weighted by Gasteiger charge is -2.29. The molecule has 0 fully saturated rings. The second-order valence-electron chi connectivity index (χ2n) is 21.3. The first-order chi connectivity index (χ1) is 40.3. The van der Waals surface area contributed by atoms with Gasteiger partial charge in [0.15, 0.2) is 0 Å². The molecule has 0 saturated carbocycles. The van der Waals surface area contributed by atoms with Crippen LogP contribution in [0.3, 0.4) is 0 Å². The highest BCUT2D eigenvalue weighted by Crippen LogP contribution is 2.50. The Balaban J connectivity index is 1.09. The molecule has 0 spiro atoms. The number of rotatable bonds is 14. The Bertz CT molecular complexity index is 3850. The number of anilines is 12. The molecule has 394 valence electrons. The molecule has 13 rings (SSSR count). The highest BCUT2D eigenvalue weighted by molar-refractivity contribution is 6.23. The van der Waals surface area contributed by atoms with Gasteiger partial charge in [0, 0.05) is 68.2 Å². The molecule has 0 unspecified atom stereocenters. The predicted molar refractivity (Wildman–Crippen MR) is 350 cm³/mol. The summed E-state index contributed by atoms with van der Waals surface area (Å²) in [5.41, 5.74) is 22.5. The Morgan fingerprint density at radius 3 is 0.610 bits per heavy atom. The van der Waals surface area contributed by atoms with Crippen LogP contribution in [0, 0.1) is 27.7 Å². The van der Waals surface area contributed by atoms with Gasteiger partial charge in [0.05, 0.1) is 0 Å². The molecule has 0 N–H and O–H groups in total. The highest BCUT2D eigenvalue weighted by atomic mass is 15.2. The zero-order valence-corrected chi connectivity index (χ0v) is 46.7. The van der Waals surface area contributed by atoms with Crippen molar-refractivity contribution in [3.63, 3.8) is 0 Å². The summed E-state index contributed by atoms with van der Waals surface area (Å²) in [7, 11) is 0. The molecule has 13 aromatic rings. The van der Waals surface area contributed by atoms with Crippen LogP contribution in [-0.4, -0.2) is 0 Å². The highest BCUT2D eigenvalue weighted by Gasteiger charge is 2.24. The molecule has 82 heavy (non-hydrogen) atoms. The van der Waals surface area contributed by atoms with E-state index in [1.54, 1.807) is 0 Å². The Kier molecular flexibility index (Phi) is 13.9. The standard InChI is InChI=1S/C78H62N4/c1-55-25-37-65(38-26-55)81(66-39-27-56(2)28-40-66)71-49-51-73-75(53-71)77(59-33-45-69(46-34-59)79(61-17-9-5-10-18-61)62-19-11-6-12-20-62)74-52-50-72(82(67-41-29-57(3)30-42-67)68-43-31-58(4)32-44-68)54-76(74)78(73)60-35-47-70(48-36-60)80(63-21-13-7-14-22-63)64-23-15-8-16-24-64/h5-54H,1-4H3. The van der Waals surface area contributed by atoms with Crippen LogP contribution < -0.4 is 19.6 Å². The predicted octanol–water partition coefficient (Wildman–Crippen LogP) is 22.4. The molecule has 0 bridgehead atoms. The topological polar surface area (TPSA) is 13.0 Å². The van der Waals surface area contributed by atoms with Crippen molar-refractivity contribution < 1.29 is 0 Å². The monoisotopic (exact) mass is 1050 g/mol. The van der Waals surface area contributed by atoms with E-state index in [0.29, 0.717) is 0 Å². The summed E-state index contributed by atoms with van der Waals surface area (Å²) in [4.78, 5) is 9.46. The number of fused-ring (bicyclic) bond motifs is 2. The van der Waals surface area contributed by atoms with Crippen molar-refractivity contribution in [3.8, 4) is 22.3 Å². The lowest BCUT2D eigenvalue weighted by Crippen LogP contribution is -2.11. The van der Waals surface area contributed by atoms with Crippen LogP contribution in [0.5, 0.6) is 0 Å². The van der Waals surface area contributed by atoms with Crippen LogP contribution in [0.25, 0.3) is 43.8 Å². The van der Waals surface area contributed by atoms with Crippen LogP contribution in [-0.2, 0) is 0 Å². The minimum absolute atomic E-state index is 1.07. The Labute approximate surface area is 482 Å². The summed E-state index contributed by atoms with van der Waals surface area (Å²) in [5.74, 6) is 0. The van der Waals surface area contributed by atoms with E-state index in [-0.39, 0.29) is 0 Å². The van der Waals surface area contributed by atoms with Gasteiger partial charge in [0.2, 0.25) is 0 Å². The van der Waals surface area contributed by atoms with Crippen molar-refractivity contribution >= 4 is 89.8 Å². The van der Waals surface area contributed by atoms with Crippen molar-refractivity contribution in [2.45, 2.75) is 27.7 Å². The van der Waals surface area contributed by atoms with Crippen molar-refractivity contribution in [1.29, 1.82) is 0 Å². The third-order valence-corrected chi connectivity index (χ3v) is 15.7. The molecule has 0 aliphatic heterocycles. The summed E-state index contributed by atoms with van der Waals surface area (Å²) >= 11 is 0. The average Bonchev–Trinajstić information content (AvgIpc) is 3.18. The minimum Gasteiger partial charge on any atom is -0.311 e. The molecule has 0 aliphatic rings. The fourth-order valence-corrected chi connectivity index (χ4v) is 11.5. The number of nitrogens with zero attached hydrogens (tertiary/aromatic N) is 4. The Morgan fingerprint density at radius 2 is 0.366 bits per heavy atom. The van der Waals surface area contributed by atoms with E-state index < -0.39 is 0 Å². The van der Waals surface area contributed by atoms with Crippen LogP contribution >= 0.6 is 0 Å². The van der Waals surface area contributed by atoms with Crippen LogP contribution in [0.1, 0.15) is 22.3 Å². The van der Waals surface area contributed by atoms with E-state index >= 15 is 0 Å². The maximum Gasteiger partial charge on any atom is 0.0468 e.